The first-order valence-corrected chi connectivity index (χ1v) is 7.31. The van der Waals surface area contributed by atoms with Crippen molar-refractivity contribution in [3.63, 3.8) is 0 Å². The first-order chi connectivity index (χ1) is 8.25. The van der Waals surface area contributed by atoms with Gasteiger partial charge in [0.15, 0.2) is 0 Å². The van der Waals surface area contributed by atoms with Gasteiger partial charge in [0.05, 0.1) is 0 Å². The van der Waals surface area contributed by atoms with Gasteiger partial charge in [0.2, 0.25) is 0 Å². The first kappa shape index (κ1) is 12.9. The third-order valence-corrected chi connectivity index (χ3v) is 4.75. The maximum atomic E-state index is 13.1. The lowest BCUT2D eigenvalue weighted by molar-refractivity contribution is 0.463. The summed E-state index contributed by atoms with van der Waals surface area (Å²) in [5.74, 6) is -0.158. The fourth-order valence-corrected chi connectivity index (χ4v) is 3.62. The summed E-state index contributed by atoms with van der Waals surface area (Å²) >= 11 is 1.74. The molecule has 1 fully saturated rings. The van der Waals surface area contributed by atoms with Gasteiger partial charge in [-0.3, -0.25) is 0 Å². The smallest absolute Gasteiger partial charge is 0.124 e. The normalized spacial score (nSPS) is 26.2. The standard InChI is InChI=1S/C14H20FNS/c15-11-6-5-7-12(10-11)17-14-9-4-2-1-3-8-13(14)16/h5-7,10,13-14H,1-4,8-9,16H2. The summed E-state index contributed by atoms with van der Waals surface area (Å²) in [6, 6.07) is 7.09. The average molecular weight is 253 g/mol. The zero-order valence-corrected chi connectivity index (χ0v) is 10.9. The molecule has 2 unspecified atom stereocenters. The topological polar surface area (TPSA) is 26.0 Å². The summed E-state index contributed by atoms with van der Waals surface area (Å²) in [5.41, 5.74) is 6.22. The number of hydrogen-bond acceptors (Lipinski definition) is 2. The van der Waals surface area contributed by atoms with E-state index < -0.39 is 0 Å². The quantitative estimate of drug-likeness (QED) is 0.863. The van der Waals surface area contributed by atoms with Crippen LogP contribution >= 0.6 is 11.8 Å². The van der Waals surface area contributed by atoms with Crippen LogP contribution in [0, 0.1) is 5.82 Å². The molecule has 0 amide bonds. The van der Waals surface area contributed by atoms with Crippen LogP contribution in [0.1, 0.15) is 38.5 Å². The minimum absolute atomic E-state index is 0.158. The van der Waals surface area contributed by atoms with Crippen molar-refractivity contribution in [1.82, 2.24) is 0 Å². The molecule has 1 nitrogen and oxygen atoms in total. The van der Waals surface area contributed by atoms with E-state index in [1.165, 1.54) is 31.7 Å². The number of hydrogen-bond donors (Lipinski definition) is 1. The van der Waals surface area contributed by atoms with E-state index in [9.17, 15) is 4.39 Å². The molecule has 2 atom stereocenters. The molecule has 1 saturated carbocycles. The van der Waals surface area contributed by atoms with Crippen LogP contribution in [0.4, 0.5) is 4.39 Å². The van der Waals surface area contributed by atoms with E-state index >= 15 is 0 Å². The van der Waals surface area contributed by atoms with Crippen molar-refractivity contribution in [3.05, 3.63) is 30.1 Å². The van der Waals surface area contributed by atoms with E-state index in [0.29, 0.717) is 5.25 Å². The molecule has 1 aliphatic rings. The van der Waals surface area contributed by atoms with Crippen LogP contribution in [0.15, 0.2) is 29.2 Å². The van der Waals surface area contributed by atoms with Crippen LogP contribution in [0.2, 0.25) is 0 Å². The van der Waals surface area contributed by atoms with Gasteiger partial charge in [-0.15, -0.1) is 11.8 Å². The van der Waals surface area contributed by atoms with Gasteiger partial charge < -0.3 is 5.73 Å². The lowest BCUT2D eigenvalue weighted by Gasteiger charge is -2.25. The molecule has 0 saturated heterocycles. The van der Waals surface area contributed by atoms with Gasteiger partial charge in [0.1, 0.15) is 5.82 Å². The van der Waals surface area contributed by atoms with Crippen molar-refractivity contribution in [3.8, 4) is 0 Å². The van der Waals surface area contributed by atoms with Crippen LogP contribution in [0.25, 0.3) is 0 Å². The molecule has 1 aromatic carbocycles. The van der Waals surface area contributed by atoms with Crippen LogP contribution in [-0.2, 0) is 0 Å². The molecule has 0 aliphatic heterocycles. The van der Waals surface area contributed by atoms with E-state index in [0.717, 1.165) is 17.7 Å². The van der Waals surface area contributed by atoms with Crippen molar-refractivity contribution in [2.24, 2.45) is 5.73 Å². The van der Waals surface area contributed by atoms with Gasteiger partial charge in [-0.1, -0.05) is 31.7 Å². The number of rotatable bonds is 2. The molecule has 3 heteroatoms. The molecule has 94 valence electrons. The largest absolute Gasteiger partial charge is 0.327 e. The molecule has 0 bridgehead atoms. The molecule has 17 heavy (non-hydrogen) atoms. The average Bonchev–Trinajstić information content (AvgIpc) is 2.29. The van der Waals surface area contributed by atoms with Gasteiger partial charge in [0.25, 0.3) is 0 Å². The minimum Gasteiger partial charge on any atom is -0.327 e. The van der Waals surface area contributed by atoms with Gasteiger partial charge in [0, 0.05) is 16.2 Å². The van der Waals surface area contributed by atoms with E-state index in [4.69, 9.17) is 5.73 Å². The highest BCUT2D eigenvalue weighted by atomic mass is 32.2. The number of thioether (sulfide) groups is 1. The fourth-order valence-electron chi connectivity index (χ4n) is 2.34. The second-order valence-corrected chi connectivity index (χ2v) is 6.08. The Balaban J connectivity index is 1.99. The Hall–Kier alpha value is -0.540. The lowest BCUT2D eigenvalue weighted by Crippen LogP contribution is -2.33. The number of halogens is 1. The molecule has 1 aliphatic carbocycles. The predicted octanol–water partition coefficient (Wildman–Crippen LogP) is 3.97. The SMILES string of the molecule is NC1CCCCCCC1Sc1cccc(F)c1. The summed E-state index contributed by atoms with van der Waals surface area (Å²) in [5, 5.41) is 0.442. The molecule has 1 aromatic rings. The van der Waals surface area contributed by atoms with Gasteiger partial charge in [-0.2, -0.15) is 0 Å². The Labute approximate surface area is 107 Å². The predicted molar refractivity (Wildman–Crippen MR) is 71.7 cm³/mol. The van der Waals surface area contributed by atoms with Crippen LogP contribution in [-0.4, -0.2) is 11.3 Å². The zero-order chi connectivity index (χ0) is 12.1. The Bertz CT molecular complexity index is 356. The fraction of sp³-hybridized carbons (Fsp3) is 0.571. The van der Waals surface area contributed by atoms with Gasteiger partial charge in [-0.05, 0) is 31.0 Å². The summed E-state index contributed by atoms with van der Waals surface area (Å²) in [4.78, 5) is 1.01. The molecule has 0 aromatic heterocycles. The highest BCUT2D eigenvalue weighted by molar-refractivity contribution is 8.00. The van der Waals surface area contributed by atoms with Crippen LogP contribution < -0.4 is 5.73 Å². The third kappa shape index (κ3) is 4.00. The third-order valence-electron chi connectivity index (χ3n) is 3.34. The number of benzene rings is 1. The Kier molecular flexibility index (Phi) is 4.86. The molecule has 0 spiro atoms. The first-order valence-electron chi connectivity index (χ1n) is 6.43. The van der Waals surface area contributed by atoms with Crippen molar-refractivity contribution in [2.75, 3.05) is 0 Å². The van der Waals surface area contributed by atoms with E-state index in [-0.39, 0.29) is 11.9 Å². The van der Waals surface area contributed by atoms with Gasteiger partial charge >= 0.3 is 0 Å². The lowest BCUT2D eigenvalue weighted by atomic mass is 9.97. The molecular formula is C14H20FNS. The Morgan fingerprint density at radius 3 is 2.65 bits per heavy atom. The maximum absolute atomic E-state index is 13.1. The van der Waals surface area contributed by atoms with Crippen molar-refractivity contribution in [2.45, 2.75) is 54.7 Å². The van der Waals surface area contributed by atoms with Gasteiger partial charge in [-0.25, -0.2) is 4.39 Å². The van der Waals surface area contributed by atoms with Crippen molar-refractivity contribution < 1.29 is 4.39 Å². The van der Waals surface area contributed by atoms with Crippen LogP contribution in [0.3, 0.4) is 0 Å². The maximum Gasteiger partial charge on any atom is 0.124 e. The monoisotopic (exact) mass is 253 g/mol. The van der Waals surface area contributed by atoms with Crippen molar-refractivity contribution in [1.29, 1.82) is 0 Å². The van der Waals surface area contributed by atoms with Crippen molar-refractivity contribution >= 4 is 11.8 Å². The summed E-state index contributed by atoms with van der Waals surface area (Å²) in [6.07, 6.45) is 7.37. The van der Waals surface area contributed by atoms with E-state index in [1.807, 2.05) is 6.07 Å². The Morgan fingerprint density at radius 2 is 1.88 bits per heavy atom. The zero-order valence-electron chi connectivity index (χ0n) is 10.1. The molecule has 2 rings (SSSR count). The number of nitrogens with two attached hydrogens (primary N) is 1. The second-order valence-electron chi connectivity index (χ2n) is 4.77. The summed E-state index contributed by atoms with van der Waals surface area (Å²) in [7, 11) is 0. The minimum atomic E-state index is -0.158. The summed E-state index contributed by atoms with van der Waals surface area (Å²) < 4.78 is 13.1. The van der Waals surface area contributed by atoms with E-state index in [1.54, 1.807) is 23.9 Å². The molecular weight excluding hydrogens is 233 g/mol. The highest BCUT2D eigenvalue weighted by Gasteiger charge is 2.20. The molecule has 2 N–H and O–H groups in total. The second kappa shape index (κ2) is 6.41. The summed E-state index contributed by atoms with van der Waals surface area (Å²) in [6.45, 7) is 0. The molecule has 0 heterocycles. The van der Waals surface area contributed by atoms with E-state index in [2.05, 4.69) is 0 Å². The van der Waals surface area contributed by atoms with Crippen LogP contribution in [0.5, 0.6) is 0 Å². The highest BCUT2D eigenvalue weighted by Crippen LogP contribution is 2.31. The molecule has 0 radical (unpaired) electrons. The Morgan fingerprint density at radius 1 is 1.12 bits per heavy atom.